The summed E-state index contributed by atoms with van der Waals surface area (Å²) >= 11 is 0. The highest BCUT2D eigenvalue weighted by atomic mass is 16.4. The van der Waals surface area contributed by atoms with Gasteiger partial charge in [-0.15, -0.1) is 0 Å². The molecule has 1 N–H and O–H groups in total. The molecule has 0 amide bonds. The Hall–Kier alpha value is -0.830. The van der Waals surface area contributed by atoms with Gasteiger partial charge in [0.2, 0.25) is 0 Å². The average Bonchev–Trinajstić information content (AvgIpc) is 2.03. The lowest BCUT2D eigenvalue weighted by Gasteiger charge is -2.20. The molecule has 0 heterocycles. The summed E-state index contributed by atoms with van der Waals surface area (Å²) in [6, 6.07) is 0.512. The van der Waals surface area contributed by atoms with Gasteiger partial charge in [-0.25, -0.2) is 4.79 Å². The van der Waals surface area contributed by atoms with E-state index < -0.39 is 5.97 Å². The van der Waals surface area contributed by atoms with Gasteiger partial charge in [-0.2, -0.15) is 0 Å². The van der Waals surface area contributed by atoms with Crippen LogP contribution in [0.1, 0.15) is 26.7 Å². The first kappa shape index (κ1) is 12.2. The minimum atomic E-state index is -0.882. The third-order valence-electron chi connectivity index (χ3n) is 2.17. The van der Waals surface area contributed by atoms with E-state index in [0.29, 0.717) is 18.0 Å². The average molecular weight is 185 g/mol. The van der Waals surface area contributed by atoms with Gasteiger partial charge < -0.3 is 10.0 Å². The predicted octanol–water partition coefficient (Wildman–Crippen LogP) is 1.75. The van der Waals surface area contributed by atoms with Crippen molar-refractivity contribution in [3.63, 3.8) is 0 Å². The lowest BCUT2D eigenvalue weighted by atomic mass is 10.1. The zero-order valence-electron chi connectivity index (χ0n) is 8.71. The van der Waals surface area contributed by atoms with Gasteiger partial charge in [-0.05, 0) is 40.3 Å². The monoisotopic (exact) mass is 185 g/mol. The van der Waals surface area contributed by atoms with Crippen LogP contribution >= 0.6 is 0 Å². The molecule has 13 heavy (non-hydrogen) atoms. The van der Waals surface area contributed by atoms with Crippen molar-refractivity contribution in [3.05, 3.63) is 12.2 Å². The van der Waals surface area contributed by atoms with Crippen molar-refractivity contribution in [2.24, 2.45) is 0 Å². The third kappa shape index (κ3) is 5.42. The Morgan fingerprint density at radius 1 is 1.54 bits per heavy atom. The van der Waals surface area contributed by atoms with Gasteiger partial charge in [0.25, 0.3) is 0 Å². The van der Waals surface area contributed by atoms with Crippen LogP contribution in [0.4, 0.5) is 0 Å². The van der Waals surface area contributed by atoms with E-state index in [1.165, 1.54) is 0 Å². The lowest BCUT2D eigenvalue weighted by molar-refractivity contribution is -0.132. The lowest BCUT2D eigenvalue weighted by Crippen LogP contribution is -2.27. The fraction of sp³-hybridized carbons (Fsp3) is 0.700. The number of carboxylic acids is 1. The highest BCUT2D eigenvalue weighted by molar-refractivity contribution is 5.85. The van der Waals surface area contributed by atoms with Crippen LogP contribution in [-0.4, -0.2) is 35.6 Å². The van der Waals surface area contributed by atoms with E-state index >= 15 is 0 Å². The Labute approximate surface area is 80.0 Å². The quantitative estimate of drug-likeness (QED) is 0.641. The number of nitrogens with zero attached hydrogens (tertiary/aromatic N) is 1. The standard InChI is InChI=1S/C10H19NO2/c1-8(2)11(4)7-5-6-9(3)10(12)13/h8H,3,5-7H2,1-2,4H3,(H,12,13). The second-order valence-electron chi connectivity index (χ2n) is 3.59. The van der Waals surface area contributed by atoms with Crippen LogP contribution in [0.2, 0.25) is 0 Å². The molecule has 76 valence electrons. The first-order valence-corrected chi connectivity index (χ1v) is 4.56. The molecular formula is C10H19NO2. The molecule has 0 bridgehead atoms. The number of hydrogen-bond acceptors (Lipinski definition) is 2. The molecule has 0 aliphatic heterocycles. The molecule has 0 fully saturated rings. The van der Waals surface area contributed by atoms with Gasteiger partial charge >= 0.3 is 5.97 Å². The number of carbonyl (C=O) groups is 1. The van der Waals surface area contributed by atoms with Crippen molar-refractivity contribution in [2.75, 3.05) is 13.6 Å². The Morgan fingerprint density at radius 2 is 2.08 bits per heavy atom. The third-order valence-corrected chi connectivity index (χ3v) is 2.17. The van der Waals surface area contributed by atoms with Crippen LogP contribution in [0.25, 0.3) is 0 Å². The van der Waals surface area contributed by atoms with Crippen LogP contribution in [0.5, 0.6) is 0 Å². The van der Waals surface area contributed by atoms with Crippen LogP contribution in [0, 0.1) is 0 Å². The number of carboxylic acid groups (broad SMARTS) is 1. The largest absolute Gasteiger partial charge is 0.478 e. The van der Waals surface area contributed by atoms with E-state index in [0.717, 1.165) is 13.0 Å². The minimum Gasteiger partial charge on any atom is -0.478 e. The first-order valence-electron chi connectivity index (χ1n) is 4.56. The molecule has 0 aromatic rings. The smallest absolute Gasteiger partial charge is 0.330 e. The van der Waals surface area contributed by atoms with Gasteiger partial charge in [0, 0.05) is 11.6 Å². The predicted molar refractivity (Wildman–Crippen MR) is 53.8 cm³/mol. The SMILES string of the molecule is C=C(CCCN(C)C(C)C)C(=O)O. The topological polar surface area (TPSA) is 40.5 Å². The zero-order valence-corrected chi connectivity index (χ0v) is 8.71. The molecule has 0 aromatic carbocycles. The maximum atomic E-state index is 10.4. The second kappa shape index (κ2) is 5.75. The molecule has 0 aliphatic rings. The molecule has 0 spiro atoms. The van der Waals surface area contributed by atoms with Crippen LogP contribution < -0.4 is 0 Å². The van der Waals surface area contributed by atoms with E-state index in [1.54, 1.807) is 0 Å². The fourth-order valence-corrected chi connectivity index (χ4v) is 0.907. The molecule has 0 aliphatic carbocycles. The Morgan fingerprint density at radius 3 is 2.46 bits per heavy atom. The molecular weight excluding hydrogens is 166 g/mol. The van der Waals surface area contributed by atoms with Gasteiger partial charge in [-0.3, -0.25) is 0 Å². The Kier molecular flexibility index (Phi) is 5.39. The molecule has 0 rings (SSSR count). The Balaban J connectivity index is 3.56. The van der Waals surface area contributed by atoms with Gasteiger partial charge in [-0.1, -0.05) is 6.58 Å². The summed E-state index contributed by atoms with van der Waals surface area (Å²) in [6.45, 7) is 8.63. The summed E-state index contributed by atoms with van der Waals surface area (Å²) in [7, 11) is 2.04. The molecule has 0 saturated heterocycles. The molecule has 0 saturated carbocycles. The normalized spacial score (nSPS) is 10.8. The van der Waals surface area contributed by atoms with Crippen molar-refractivity contribution in [1.82, 2.24) is 4.90 Å². The molecule has 0 atom stereocenters. The minimum absolute atomic E-state index is 0.303. The second-order valence-corrected chi connectivity index (χ2v) is 3.59. The zero-order chi connectivity index (χ0) is 10.4. The maximum absolute atomic E-state index is 10.4. The molecule has 0 aromatic heterocycles. The van der Waals surface area contributed by atoms with Gasteiger partial charge in [0.15, 0.2) is 0 Å². The van der Waals surface area contributed by atoms with Crippen molar-refractivity contribution in [1.29, 1.82) is 0 Å². The van der Waals surface area contributed by atoms with Gasteiger partial charge in [0.05, 0.1) is 0 Å². The summed E-state index contributed by atoms with van der Waals surface area (Å²) in [5.41, 5.74) is 0.303. The van der Waals surface area contributed by atoms with E-state index in [-0.39, 0.29) is 0 Å². The van der Waals surface area contributed by atoms with E-state index in [4.69, 9.17) is 5.11 Å². The molecule has 3 nitrogen and oxygen atoms in total. The van der Waals surface area contributed by atoms with Crippen LogP contribution in [0.15, 0.2) is 12.2 Å². The summed E-state index contributed by atoms with van der Waals surface area (Å²) in [5, 5.41) is 8.54. The number of aliphatic carboxylic acids is 1. The molecule has 0 unspecified atom stereocenters. The summed E-state index contributed by atoms with van der Waals surface area (Å²) in [6.07, 6.45) is 1.44. The molecule has 0 radical (unpaired) electrons. The van der Waals surface area contributed by atoms with Crippen molar-refractivity contribution in [2.45, 2.75) is 32.7 Å². The first-order chi connectivity index (χ1) is 5.95. The summed E-state index contributed by atoms with van der Waals surface area (Å²) < 4.78 is 0. The van der Waals surface area contributed by atoms with E-state index in [2.05, 4.69) is 25.3 Å². The highest BCUT2D eigenvalue weighted by Crippen LogP contribution is 2.04. The highest BCUT2D eigenvalue weighted by Gasteiger charge is 2.06. The van der Waals surface area contributed by atoms with Gasteiger partial charge in [0.1, 0.15) is 0 Å². The molecule has 3 heteroatoms. The van der Waals surface area contributed by atoms with Crippen LogP contribution in [-0.2, 0) is 4.79 Å². The van der Waals surface area contributed by atoms with E-state index in [9.17, 15) is 4.79 Å². The number of rotatable bonds is 6. The summed E-state index contributed by atoms with van der Waals surface area (Å²) in [4.78, 5) is 12.6. The van der Waals surface area contributed by atoms with Crippen molar-refractivity contribution < 1.29 is 9.90 Å². The van der Waals surface area contributed by atoms with Crippen molar-refractivity contribution in [3.8, 4) is 0 Å². The van der Waals surface area contributed by atoms with Crippen molar-refractivity contribution >= 4 is 5.97 Å². The Bertz CT molecular complexity index is 187. The van der Waals surface area contributed by atoms with Crippen LogP contribution in [0.3, 0.4) is 0 Å². The van der Waals surface area contributed by atoms with E-state index in [1.807, 2.05) is 7.05 Å². The summed E-state index contributed by atoms with van der Waals surface area (Å²) in [5.74, 6) is -0.882. The number of hydrogen-bond donors (Lipinski definition) is 1. The fourth-order valence-electron chi connectivity index (χ4n) is 0.907. The maximum Gasteiger partial charge on any atom is 0.330 e.